The number of phenols is 3. The number of alkyl halides is 9. The fourth-order valence-electron chi connectivity index (χ4n) is 3.34. The Morgan fingerprint density at radius 2 is 0.543 bits per heavy atom. The SMILES string of the molecule is Oc1c(OB(Oc2c(O)c(C(F)(F)F)c(F)c(F)c2F)Oc2c(O)c(C(F)(F)F)c(F)c(F)c2F)c(F)c(F)c(F)c1C(F)(F)F. The van der Waals surface area contributed by atoms with Crippen molar-refractivity contribution in [1.82, 2.24) is 0 Å². The fraction of sp³-hybridized carbons (Fsp3) is 0.143. The van der Waals surface area contributed by atoms with Crippen molar-refractivity contribution >= 4 is 7.32 Å². The lowest BCUT2D eigenvalue weighted by atomic mass is 10.1. The Kier molecular flexibility index (Phi) is 8.99. The number of benzene rings is 3. The molecule has 0 saturated carbocycles. The Hall–Kier alpha value is -4.74. The lowest BCUT2D eigenvalue weighted by molar-refractivity contribution is -0.142. The second-order valence-electron chi connectivity index (χ2n) is 8.12. The van der Waals surface area contributed by atoms with Gasteiger partial charge in [0, 0.05) is 0 Å². The van der Waals surface area contributed by atoms with Crippen LogP contribution in [0.3, 0.4) is 0 Å². The normalized spacial score (nSPS) is 12.4. The summed E-state index contributed by atoms with van der Waals surface area (Å²) in [7, 11) is -4.18. The molecule has 0 saturated heterocycles. The molecule has 0 bridgehead atoms. The molecule has 0 unspecified atom stereocenters. The van der Waals surface area contributed by atoms with Crippen LogP contribution < -0.4 is 14.0 Å². The van der Waals surface area contributed by atoms with Crippen molar-refractivity contribution in [3.05, 3.63) is 69.0 Å². The quantitative estimate of drug-likeness (QED) is 0.139. The number of halogens is 18. The van der Waals surface area contributed by atoms with E-state index in [4.69, 9.17) is 0 Å². The highest BCUT2D eigenvalue weighted by Crippen LogP contribution is 2.49. The van der Waals surface area contributed by atoms with Gasteiger partial charge in [0.2, 0.25) is 17.5 Å². The number of hydrogen-bond donors (Lipinski definition) is 3. The molecule has 46 heavy (non-hydrogen) atoms. The summed E-state index contributed by atoms with van der Waals surface area (Å²) in [5.41, 5.74) is -9.53. The lowest BCUT2D eigenvalue weighted by Gasteiger charge is -2.22. The van der Waals surface area contributed by atoms with Crippen LogP contribution in [0, 0.1) is 52.4 Å². The van der Waals surface area contributed by atoms with Crippen LogP contribution in [-0.4, -0.2) is 22.6 Å². The first-order chi connectivity index (χ1) is 20.7. The summed E-state index contributed by atoms with van der Waals surface area (Å²) in [6.07, 6.45) is -18.6. The second kappa shape index (κ2) is 11.6. The van der Waals surface area contributed by atoms with Gasteiger partial charge in [0.05, 0.1) is 0 Å². The van der Waals surface area contributed by atoms with E-state index < -0.39 is 129 Å². The fourth-order valence-corrected chi connectivity index (χ4v) is 3.34. The zero-order valence-corrected chi connectivity index (χ0v) is 20.4. The molecule has 0 fully saturated rings. The van der Waals surface area contributed by atoms with E-state index in [9.17, 15) is 94.3 Å². The third-order valence-corrected chi connectivity index (χ3v) is 5.26. The third kappa shape index (κ3) is 6.08. The molecule has 3 aromatic rings. The molecule has 0 atom stereocenters. The molecule has 0 heterocycles. The Morgan fingerprint density at radius 1 is 0.348 bits per heavy atom. The third-order valence-electron chi connectivity index (χ3n) is 5.26. The summed E-state index contributed by atoms with van der Waals surface area (Å²) in [4.78, 5) is 0. The number of aromatic hydroxyl groups is 3. The molecule has 3 aromatic carbocycles. The molecule has 25 heteroatoms. The number of hydrogen-bond acceptors (Lipinski definition) is 6. The Bertz CT molecular complexity index is 1520. The highest BCUT2D eigenvalue weighted by molar-refractivity contribution is 6.39. The van der Waals surface area contributed by atoms with Gasteiger partial charge in [-0.15, -0.1) is 0 Å². The van der Waals surface area contributed by atoms with E-state index in [1.54, 1.807) is 0 Å². The molecule has 0 aliphatic rings. The van der Waals surface area contributed by atoms with Crippen LogP contribution in [0.4, 0.5) is 79.0 Å². The van der Waals surface area contributed by atoms with Gasteiger partial charge in [-0.05, 0) is 0 Å². The standard InChI is InChI=1S/C21H3BF18O6/c23-4-1(19(32,33)34)13(41)16(10(29)7(4)26)44-22(45-17-11(30)8(27)5(24)2(14(17)42)20(35,36)37)46-18-12(31)9(28)6(25)3(15(18)43)21(38,39)40/h41-43H. The summed E-state index contributed by atoms with van der Waals surface area (Å²) in [5, 5.41) is 29.1. The van der Waals surface area contributed by atoms with Crippen LogP contribution in [-0.2, 0) is 18.5 Å². The van der Waals surface area contributed by atoms with Gasteiger partial charge in [0.25, 0.3) is 0 Å². The van der Waals surface area contributed by atoms with E-state index in [2.05, 4.69) is 14.0 Å². The van der Waals surface area contributed by atoms with Crippen molar-refractivity contribution in [3.8, 4) is 34.5 Å². The van der Waals surface area contributed by atoms with Gasteiger partial charge in [-0.25, -0.2) is 26.3 Å². The Balaban J connectivity index is 2.39. The van der Waals surface area contributed by atoms with Gasteiger partial charge in [-0.2, -0.15) is 52.7 Å². The minimum atomic E-state index is -6.21. The van der Waals surface area contributed by atoms with Crippen molar-refractivity contribution in [2.45, 2.75) is 18.5 Å². The van der Waals surface area contributed by atoms with Crippen molar-refractivity contribution in [3.63, 3.8) is 0 Å². The van der Waals surface area contributed by atoms with E-state index >= 15 is 0 Å². The van der Waals surface area contributed by atoms with Gasteiger partial charge in [-0.3, -0.25) is 0 Å². The van der Waals surface area contributed by atoms with E-state index in [0.29, 0.717) is 0 Å². The van der Waals surface area contributed by atoms with E-state index in [0.717, 1.165) is 0 Å². The minimum absolute atomic E-state index is 2.80. The molecular weight excluding hydrogens is 701 g/mol. The second-order valence-corrected chi connectivity index (χ2v) is 8.12. The van der Waals surface area contributed by atoms with E-state index in [-0.39, 0.29) is 0 Å². The van der Waals surface area contributed by atoms with Gasteiger partial charge in [0.1, 0.15) is 16.7 Å². The van der Waals surface area contributed by atoms with Crippen molar-refractivity contribution < 1.29 is 108 Å². The average molecular weight is 704 g/mol. The van der Waals surface area contributed by atoms with Crippen LogP contribution in [0.2, 0.25) is 0 Å². The van der Waals surface area contributed by atoms with E-state index in [1.807, 2.05) is 0 Å². The molecule has 0 radical (unpaired) electrons. The summed E-state index contributed by atoms with van der Waals surface area (Å²) >= 11 is 0. The maximum absolute atomic E-state index is 14.4. The molecular formula is C21H3BF18O6. The zero-order valence-electron chi connectivity index (χ0n) is 20.4. The summed E-state index contributed by atoms with van der Waals surface area (Å²) in [6.45, 7) is 0. The first-order valence-electron chi connectivity index (χ1n) is 10.6. The molecule has 0 spiro atoms. The Labute approximate surface area is 238 Å². The summed E-state index contributed by atoms with van der Waals surface area (Å²) in [5.74, 6) is -45.9. The van der Waals surface area contributed by atoms with Crippen LogP contribution in [0.5, 0.6) is 34.5 Å². The molecule has 0 aliphatic heterocycles. The predicted molar refractivity (Wildman–Crippen MR) is 107 cm³/mol. The van der Waals surface area contributed by atoms with E-state index in [1.165, 1.54) is 0 Å². The zero-order chi connectivity index (χ0) is 35.6. The molecule has 3 N–H and O–H groups in total. The highest BCUT2D eigenvalue weighted by Gasteiger charge is 2.49. The van der Waals surface area contributed by atoms with Gasteiger partial charge in [-0.1, -0.05) is 0 Å². The number of phenolic OH excluding ortho intramolecular Hbond substituents is 3. The van der Waals surface area contributed by atoms with Crippen LogP contribution in [0.25, 0.3) is 0 Å². The van der Waals surface area contributed by atoms with Crippen molar-refractivity contribution in [1.29, 1.82) is 0 Å². The van der Waals surface area contributed by atoms with Gasteiger partial charge < -0.3 is 29.3 Å². The molecule has 6 nitrogen and oxygen atoms in total. The Morgan fingerprint density at radius 3 is 0.717 bits per heavy atom. The van der Waals surface area contributed by atoms with Crippen molar-refractivity contribution in [2.75, 3.05) is 0 Å². The van der Waals surface area contributed by atoms with Crippen molar-refractivity contribution in [2.24, 2.45) is 0 Å². The molecule has 0 amide bonds. The maximum Gasteiger partial charge on any atom is 0.864 e. The smallest absolute Gasteiger partial charge is 0.504 e. The average Bonchev–Trinajstić information content (AvgIpc) is 2.89. The first-order valence-corrected chi connectivity index (χ1v) is 10.6. The molecule has 252 valence electrons. The topological polar surface area (TPSA) is 88.4 Å². The largest absolute Gasteiger partial charge is 0.864 e. The first kappa shape index (κ1) is 35.7. The van der Waals surface area contributed by atoms with Crippen LogP contribution >= 0.6 is 0 Å². The highest BCUT2D eigenvalue weighted by atomic mass is 19.4. The summed E-state index contributed by atoms with van der Waals surface area (Å²) in [6, 6.07) is 0. The molecule has 3 rings (SSSR count). The van der Waals surface area contributed by atoms with Crippen LogP contribution in [0.1, 0.15) is 16.7 Å². The maximum atomic E-state index is 14.4. The molecule has 0 aliphatic carbocycles. The van der Waals surface area contributed by atoms with Gasteiger partial charge in [0.15, 0.2) is 69.4 Å². The van der Waals surface area contributed by atoms with Crippen LogP contribution in [0.15, 0.2) is 0 Å². The molecule has 0 aromatic heterocycles. The minimum Gasteiger partial charge on any atom is -0.504 e. The summed E-state index contributed by atoms with van der Waals surface area (Å²) < 4.78 is 257. The predicted octanol–water partition coefficient (Wildman–Crippen LogP) is 7.63. The number of rotatable bonds is 6. The van der Waals surface area contributed by atoms with Gasteiger partial charge >= 0.3 is 25.9 Å². The monoisotopic (exact) mass is 704 g/mol. The lowest BCUT2D eigenvalue weighted by Crippen LogP contribution is -2.38.